The van der Waals surface area contributed by atoms with Crippen LogP contribution in [-0.4, -0.2) is 25.0 Å². The molecule has 0 aliphatic rings. The molecule has 20 heavy (non-hydrogen) atoms. The highest BCUT2D eigenvalue weighted by Gasteiger charge is 2.20. The standard InChI is InChI=1S/C16H23NO3/c1-3-4-10-14(16(19)20-2)17-15(18)12-11-13-8-6-5-7-9-13/h5-9,14H,3-4,10-12H2,1-2H3,(H,17,18)/t14-/m1/s1. The van der Waals surface area contributed by atoms with Crippen molar-refractivity contribution < 1.29 is 14.3 Å². The molecule has 0 saturated heterocycles. The van der Waals surface area contributed by atoms with E-state index in [1.54, 1.807) is 0 Å². The number of esters is 1. The molecule has 0 bridgehead atoms. The molecule has 4 heteroatoms. The summed E-state index contributed by atoms with van der Waals surface area (Å²) in [5.74, 6) is -0.480. The van der Waals surface area contributed by atoms with Gasteiger partial charge < -0.3 is 10.1 Å². The van der Waals surface area contributed by atoms with Crippen LogP contribution in [0.15, 0.2) is 30.3 Å². The van der Waals surface area contributed by atoms with E-state index in [9.17, 15) is 9.59 Å². The molecule has 1 atom stereocenters. The Morgan fingerprint density at radius 2 is 1.95 bits per heavy atom. The van der Waals surface area contributed by atoms with E-state index >= 15 is 0 Å². The largest absolute Gasteiger partial charge is 0.467 e. The lowest BCUT2D eigenvalue weighted by molar-refractivity contribution is -0.145. The highest BCUT2D eigenvalue weighted by atomic mass is 16.5. The second kappa shape index (κ2) is 9.13. The SMILES string of the molecule is CCCC[C@@H](NC(=O)CCc1ccccc1)C(=O)OC. The van der Waals surface area contributed by atoms with Gasteiger partial charge in [0.1, 0.15) is 6.04 Å². The first-order valence-corrected chi connectivity index (χ1v) is 7.08. The summed E-state index contributed by atoms with van der Waals surface area (Å²) in [7, 11) is 1.34. The summed E-state index contributed by atoms with van der Waals surface area (Å²) in [5.41, 5.74) is 1.12. The molecule has 4 nitrogen and oxygen atoms in total. The zero-order valence-corrected chi connectivity index (χ0v) is 12.2. The summed E-state index contributed by atoms with van der Waals surface area (Å²) in [5, 5.41) is 2.76. The Kier molecular flexibility index (Phi) is 7.40. The quantitative estimate of drug-likeness (QED) is 0.743. The highest BCUT2D eigenvalue weighted by Crippen LogP contribution is 2.05. The maximum Gasteiger partial charge on any atom is 0.328 e. The summed E-state index contributed by atoms with van der Waals surface area (Å²) in [6.45, 7) is 2.05. The number of carbonyl (C=O) groups excluding carboxylic acids is 2. The first-order valence-electron chi connectivity index (χ1n) is 7.08. The van der Waals surface area contributed by atoms with Crippen molar-refractivity contribution in [2.45, 2.75) is 45.1 Å². The first kappa shape index (κ1) is 16.2. The zero-order chi connectivity index (χ0) is 14.8. The molecule has 1 aromatic rings. The van der Waals surface area contributed by atoms with Gasteiger partial charge in [0, 0.05) is 6.42 Å². The summed E-state index contributed by atoms with van der Waals surface area (Å²) in [6.07, 6.45) is 3.55. The molecule has 1 rings (SSSR count). The van der Waals surface area contributed by atoms with Crippen molar-refractivity contribution in [1.29, 1.82) is 0 Å². The predicted octanol–water partition coefficient (Wildman–Crippen LogP) is 2.47. The van der Waals surface area contributed by atoms with Crippen LogP contribution >= 0.6 is 0 Å². The van der Waals surface area contributed by atoms with E-state index < -0.39 is 6.04 Å². The molecule has 0 fully saturated rings. The topological polar surface area (TPSA) is 55.4 Å². The third kappa shape index (κ3) is 5.87. The minimum Gasteiger partial charge on any atom is -0.467 e. The number of aryl methyl sites for hydroxylation is 1. The number of methoxy groups -OCH3 is 1. The van der Waals surface area contributed by atoms with Gasteiger partial charge in [-0.2, -0.15) is 0 Å². The van der Waals surface area contributed by atoms with Crippen LogP contribution < -0.4 is 5.32 Å². The van der Waals surface area contributed by atoms with E-state index in [0.717, 1.165) is 18.4 Å². The Bertz CT molecular complexity index is 417. The van der Waals surface area contributed by atoms with Crippen molar-refractivity contribution in [2.75, 3.05) is 7.11 Å². The fourth-order valence-electron chi connectivity index (χ4n) is 1.97. The number of ether oxygens (including phenoxy) is 1. The normalized spacial score (nSPS) is 11.7. The third-order valence-electron chi connectivity index (χ3n) is 3.15. The average Bonchev–Trinajstić information content (AvgIpc) is 2.49. The number of unbranched alkanes of at least 4 members (excludes halogenated alkanes) is 1. The Labute approximate surface area is 120 Å². The van der Waals surface area contributed by atoms with E-state index in [2.05, 4.69) is 5.32 Å². The van der Waals surface area contributed by atoms with Gasteiger partial charge in [-0.15, -0.1) is 0 Å². The second-order valence-corrected chi connectivity index (χ2v) is 4.77. The van der Waals surface area contributed by atoms with Gasteiger partial charge >= 0.3 is 5.97 Å². The first-order chi connectivity index (χ1) is 9.67. The zero-order valence-electron chi connectivity index (χ0n) is 12.2. The monoisotopic (exact) mass is 277 g/mol. The van der Waals surface area contributed by atoms with Crippen molar-refractivity contribution in [3.8, 4) is 0 Å². The lowest BCUT2D eigenvalue weighted by Crippen LogP contribution is -2.41. The lowest BCUT2D eigenvalue weighted by atomic mass is 10.1. The number of nitrogens with one attached hydrogen (secondary N) is 1. The van der Waals surface area contributed by atoms with Crippen molar-refractivity contribution in [3.63, 3.8) is 0 Å². The Morgan fingerprint density at radius 1 is 1.25 bits per heavy atom. The molecule has 0 aromatic heterocycles. The summed E-state index contributed by atoms with van der Waals surface area (Å²) < 4.78 is 4.72. The van der Waals surface area contributed by atoms with Gasteiger partial charge in [-0.05, 0) is 18.4 Å². The molecular weight excluding hydrogens is 254 g/mol. The van der Waals surface area contributed by atoms with Crippen LogP contribution in [0.25, 0.3) is 0 Å². The highest BCUT2D eigenvalue weighted by molar-refractivity contribution is 5.84. The third-order valence-corrected chi connectivity index (χ3v) is 3.15. The molecule has 0 aliphatic carbocycles. The van der Waals surface area contributed by atoms with Crippen molar-refractivity contribution in [2.24, 2.45) is 0 Å². The molecule has 0 aliphatic heterocycles. The minimum absolute atomic E-state index is 0.111. The summed E-state index contributed by atoms with van der Waals surface area (Å²) in [4.78, 5) is 23.5. The summed E-state index contributed by atoms with van der Waals surface area (Å²) in [6, 6.07) is 9.30. The molecule has 0 spiro atoms. The van der Waals surface area contributed by atoms with Crippen molar-refractivity contribution in [3.05, 3.63) is 35.9 Å². The smallest absolute Gasteiger partial charge is 0.328 e. The molecular formula is C16H23NO3. The number of benzene rings is 1. The summed E-state index contributed by atoms with van der Waals surface area (Å²) >= 11 is 0. The molecule has 0 saturated carbocycles. The fraction of sp³-hybridized carbons (Fsp3) is 0.500. The van der Waals surface area contributed by atoms with Crippen molar-refractivity contribution in [1.82, 2.24) is 5.32 Å². The molecule has 0 unspecified atom stereocenters. The second-order valence-electron chi connectivity index (χ2n) is 4.77. The van der Waals surface area contributed by atoms with E-state index in [4.69, 9.17) is 4.74 Å². The van der Waals surface area contributed by atoms with Crippen LogP contribution in [0.2, 0.25) is 0 Å². The van der Waals surface area contributed by atoms with Gasteiger partial charge in [0.25, 0.3) is 0 Å². The molecule has 0 heterocycles. The minimum atomic E-state index is -0.525. The Balaban J connectivity index is 2.43. The van der Waals surface area contributed by atoms with Crippen LogP contribution in [-0.2, 0) is 20.7 Å². The van der Waals surface area contributed by atoms with Gasteiger partial charge in [-0.25, -0.2) is 4.79 Å². The molecule has 1 amide bonds. The van der Waals surface area contributed by atoms with E-state index in [1.165, 1.54) is 7.11 Å². The lowest BCUT2D eigenvalue weighted by Gasteiger charge is -2.16. The molecule has 0 radical (unpaired) electrons. The van der Waals surface area contributed by atoms with Gasteiger partial charge in [-0.1, -0.05) is 50.1 Å². The van der Waals surface area contributed by atoms with E-state index in [-0.39, 0.29) is 11.9 Å². The van der Waals surface area contributed by atoms with Crippen LogP contribution in [0, 0.1) is 0 Å². The number of carbonyl (C=O) groups is 2. The van der Waals surface area contributed by atoms with Gasteiger partial charge in [0.2, 0.25) is 5.91 Å². The maximum absolute atomic E-state index is 11.9. The van der Waals surface area contributed by atoms with Crippen LogP contribution in [0.5, 0.6) is 0 Å². The van der Waals surface area contributed by atoms with Gasteiger partial charge in [0.05, 0.1) is 7.11 Å². The van der Waals surface area contributed by atoms with E-state index in [1.807, 2.05) is 37.3 Å². The number of hydrogen-bond donors (Lipinski definition) is 1. The van der Waals surface area contributed by atoms with Crippen LogP contribution in [0.3, 0.4) is 0 Å². The maximum atomic E-state index is 11.9. The van der Waals surface area contributed by atoms with Gasteiger partial charge in [0.15, 0.2) is 0 Å². The fourth-order valence-corrected chi connectivity index (χ4v) is 1.97. The number of hydrogen-bond acceptors (Lipinski definition) is 3. The Morgan fingerprint density at radius 3 is 2.55 bits per heavy atom. The van der Waals surface area contributed by atoms with Crippen molar-refractivity contribution >= 4 is 11.9 Å². The van der Waals surface area contributed by atoms with Gasteiger partial charge in [-0.3, -0.25) is 4.79 Å². The predicted molar refractivity (Wildman–Crippen MR) is 78.2 cm³/mol. The Hall–Kier alpha value is -1.84. The van der Waals surface area contributed by atoms with Crippen LogP contribution in [0.1, 0.15) is 38.2 Å². The number of rotatable bonds is 8. The average molecular weight is 277 g/mol. The van der Waals surface area contributed by atoms with E-state index in [0.29, 0.717) is 19.3 Å². The molecule has 1 aromatic carbocycles. The number of amides is 1. The van der Waals surface area contributed by atoms with Crippen LogP contribution in [0.4, 0.5) is 0 Å². The molecule has 110 valence electrons. The molecule has 1 N–H and O–H groups in total.